The van der Waals surface area contributed by atoms with Crippen molar-refractivity contribution in [3.8, 4) is 0 Å². The molecule has 0 saturated heterocycles. The van der Waals surface area contributed by atoms with Crippen LogP contribution in [0.3, 0.4) is 0 Å². The standard InChI is InChI=1S/C9H12N2O2S.ClH.Rh.Y/c1-8-2-4-9(5-3-8)14(12,13)11-7-6-10;;;/h2-5,10H,6-7H2,1H3;1H;;/q-2;;+3;/p-1. The van der Waals surface area contributed by atoms with Gasteiger partial charge in [0.1, 0.15) is 10.0 Å². The van der Waals surface area contributed by atoms with E-state index in [1.807, 2.05) is 24.2 Å². The van der Waals surface area contributed by atoms with Gasteiger partial charge in [-0.2, -0.15) is 13.1 Å². The Hall–Kier alpha value is 1.11. The molecule has 0 aliphatic carbocycles. The Balaban J connectivity index is 0. The van der Waals surface area contributed by atoms with Crippen LogP contribution in [-0.2, 0) is 60.0 Å². The SMILES string of the molecule is Cc1ccc(S(=O)(=O)[N-]CC[NH-])cc1.[Cl][Rh+2].[Y]. The molecule has 0 saturated carbocycles. The van der Waals surface area contributed by atoms with Gasteiger partial charge in [-0.15, -0.1) is 0 Å². The zero-order chi connectivity index (χ0) is 12.6. The number of aryl methyl sites for hydroxylation is 1. The molecule has 0 bridgehead atoms. The van der Waals surface area contributed by atoms with Gasteiger partial charge >= 0.3 is 27.0 Å². The first kappa shape index (κ1) is 20.4. The van der Waals surface area contributed by atoms with Gasteiger partial charge in [0, 0.05) is 37.6 Å². The predicted octanol–water partition coefficient (Wildman–Crippen LogP) is 2.79. The van der Waals surface area contributed by atoms with Crippen molar-refractivity contribution in [3.63, 3.8) is 0 Å². The van der Waals surface area contributed by atoms with E-state index >= 15 is 0 Å². The summed E-state index contributed by atoms with van der Waals surface area (Å²) in [6.07, 6.45) is 0. The molecule has 17 heavy (non-hydrogen) atoms. The molecule has 0 atom stereocenters. The largest absolute Gasteiger partial charge is 0 e. The van der Waals surface area contributed by atoms with Gasteiger partial charge in [-0.3, -0.25) is 0 Å². The number of hydrogen-bond acceptors (Lipinski definition) is 2. The van der Waals surface area contributed by atoms with Crippen LogP contribution in [0.25, 0.3) is 10.5 Å². The Morgan fingerprint density at radius 2 is 1.76 bits per heavy atom. The van der Waals surface area contributed by atoms with Crippen LogP contribution in [0.4, 0.5) is 0 Å². The van der Waals surface area contributed by atoms with Crippen molar-refractivity contribution < 1.29 is 58.4 Å². The molecule has 95 valence electrons. The number of hydrogen-bond donors (Lipinski definition) is 0. The quantitative estimate of drug-likeness (QED) is 0.677. The number of nitrogens with one attached hydrogen (secondary N) is 1. The van der Waals surface area contributed by atoms with Crippen molar-refractivity contribution in [2.45, 2.75) is 11.8 Å². The normalized spacial score (nSPS) is 9.88. The minimum Gasteiger partial charge on any atom is 0 e. The Morgan fingerprint density at radius 1 is 1.29 bits per heavy atom. The Bertz CT molecular complexity index is 400. The fourth-order valence-corrected chi connectivity index (χ4v) is 1.91. The molecule has 0 unspecified atom stereocenters. The van der Waals surface area contributed by atoms with E-state index in [4.69, 9.17) is 5.73 Å². The maximum Gasteiger partial charge on any atom is 0 e. The Morgan fingerprint density at radius 3 is 2.18 bits per heavy atom. The van der Waals surface area contributed by atoms with Crippen molar-refractivity contribution in [2.75, 3.05) is 13.1 Å². The summed E-state index contributed by atoms with van der Waals surface area (Å²) in [5, 5.41) is 0. The summed E-state index contributed by atoms with van der Waals surface area (Å²) in [5.41, 5.74) is 7.83. The number of rotatable bonds is 4. The van der Waals surface area contributed by atoms with Crippen LogP contribution in [0.1, 0.15) is 5.56 Å². The molecular weight excluding hydrogens is 427 g/mol. The third-order valence-corrected chi connectivity index (χ3v) is 3.08. The maximum absolute atomic E-state index is 11.5. The fourth-order valence-electron chi connectivity index (χ4n) is 0.951. The first-order chi connectivity index (χ1) is 7.56. The molecule has 0 aliphatic rings. The minimum absolute atomic E-state index is 0. The smallest absolute Gasteiger partial charge is 0 e. The molecule has 0 spiro atoms. The van der Waals surface area contributed by atoms with Crippen molar-refractivity contribution in [3.05, 3.63) is 40.3 Å². The molecule has 0 amide bonds. The molecule has 0 aromatic heterocycles. The van der Waals surface area contributed by atoms with Crippen LogP contribution in [0.15, 0.2) is 29.2 Å². The predicted molar refractivity (Wildman–Crippen MR) is 61.6 cm³/mol. The molecule has 0 heterocycles. The average molecular weight is 440 g/mol. The Kier molecular flexibility index (Phi) is 13.2. The number of benzene rings is 1. The van der Waals surface area contributed by atoms with E-state index in [1.165, 1.54) is 12.1 Å². The zero-order valence-corrected chi connectivity index (χ0v) is 15.2. The summed E-state index contributed by atoms with van der Waals surface area (Å²) >= 11 is 2.02. The van der Waals surface area contributed by atoms with Gasteiger partial charge in [0.2, 0.25) is 0 Å². The molecule has 8 heteroatoms. The van der Waals surface area contributed by atoms with Crippen LogP contribution in [0, 0.1) is 6.92 Å². The third kappa shape index (κ3) is 7.99. The van der Waals surface area contributed by atoms with Gasteiger partial charge in [-0.05, 0) is 19.1 Å². The monoisotopic (exact) mass is 439 g/mol. The van der Waals surface area contributed by atoms with E-state index in [0.717, 1.165) is 5.56 Å². The Labute approximate surface area is 142 Å². The first-order valence-corrected chi connectivity index (χ1v) is 7.89. The number of nitrogens with zero attached hydrogens (tertiary/aromatic N) is 1. The summed E-state index contributed by atoms with van der Waals surface area (Å²) in [6.45, 7) is 1.90. The molecule has 1 radical (unpaired) electrons. The van der Waals surface area contributed by atoms with Gasteiger partial charge in [-0.1, -0.05) is 17.7 Å². The summed E-state index contributed by atoms with van der Waals surface area (Å²) < 4.78 is 26.4. The molecule has 1 aromatic carbocycles. The zero-order valence-electron chi connectivity index (χ0n) is 9.18. The molecule has 0 fully saturated rings. The molecule has 4 nitrogen and oxygen atoms in total. The van der Waals surface area contributed by atoms with Gasteiger partial charge in [0.15, 0.2) is 0 Å². The maximum atomic E-state index is 11.5. The van der Waals surface area contributed by atoms with E-state index in [2.05, 4.69) is 14.4 Å². The van der Waals surface area contributed by atoms with Crippen molar-refractivity contribution in [1.82, 2.24) is 0 Å². The fraction of sp³-hybridized carbons (Fsp3) is 0.333. The van der Waals surface area contributed by atoms with Crippen LogP contribution in [0.5, 0.6) is 0 Å². The second-order valence-electron chi connectivity index (χ2n) is 2.89. The van der Waals surface area contributed by atoms with Crippen LogP contribution in [0.2, 0.25) is 0 Å². The summed E-state index contributed by atoms with van der Waals surface area (Å²) in [7, 11) is 0.995. The minimum atomic E-state index is -3.53. The van der Waals surface area contributed by atoms with Crippen LogP contribution < -0.4 is 0 Å². The van der Waals surface area contributed by atoms with Gasteiger partial charge < -0.3 is 10.5 Å². The topological polar surface area (TPSA) is 72.0 Å². The van der Waals surface area contributed by atoms with Crippen molar-refractivity contribution >= 4 is 19.7 Å². The van der Waals surface area contributed by atoms with Gasteiger partial charge in [-0.25, -0.2) is 8.42 Å². The molecular formula is C9H12ClN2O2RhSY. The molecule has 0 aliphatic heterocycles. The van der Waals surface area contributed by atoms with E-state index < -0.39 is 10.0 Å². The second-order valence-corrected chi connectivity index (χ2v) is 4.57. The second kappa shape index (κ2) is 11.0. The third-order valence-electron chi connectivity index (χ3n) is 1.69. The first-order valence-electron chi connectivity index (χ1n) is 4.34. The molecule has 1 rings (SSSR count). The van der Waals surface area contributed by atoms with Gasteiger partial charge in [0.05, 0.1) is 0 Å². The summed E-state index contributed by atoms with van der Waals surface area (Å²) in [6, 6.07) is 6.50. The average Bonchev–Trinajstić information content (AvgIpc) is 2.30. The van der Waals surface area contributed by atoms with Crippen molar-refractivity contribution in [2.24, 2.45) is 0 Å². The van der Waals surface area contributed by atoms with E-state index in [1.54, 1.807) is 12.1 Å². The summed E-state index contributed by atoms with van der Waals surface area (Å²) in [4.78, 5) is 0.191. The van der Waals surface area contributed by atoms with Crippen LogP contribution >= 0.6 is 9.69 Å². The number of sulfonamides is 1. The van der Waals surface area contributed by atoms with E-state index in [9.17, 15) is 8.42 Å². The molecule has 1 aromatic rings. The van der Waals surface area contributed by atoms with Crippen LogP contribution in [-0.4, -0.2) is 21.5 Å². The van der Waals surface area contributed by atoms with Crippen molar-refractivity contribution in [1.29, 1.82) is 0 Å². The number of halogens is 1. The molecule has 1 N–H and O–H groups in total. The summed E-state index contributed by atoms with van der Waals surface area (Å²) in [5.74, 6) is 0. The van der Waals surface area contributed by atoms with Gasteiger partial charge in [0.25, 0.3) is 0 Å². The van der Waals surface area contributed by atoms with E-state index in [0.29, 0.717) is 0 Å². The van der Waals surface area contributed by atoms with E-state index in [-0.39, 0.29) is 50.7 Å².